The predicted octanol–water partition coefficient (Wildman–Crippen LogP) is 1.54. The second-order valence-electron chi connectivity index (χ2n) is 4.98. The topological polar surface area (TPSA) is 60.2 Å². The van der Waals surface area contributed by atoms with E-state index >= 15 is 0 Å². The first-order chi connectivity index (χ1) is 6.16. The second kappa shape index (κ2) is 4.69. The van der Waals surface area contributed by atoms with E-state index in [2.05, 4.69) is 0 Å². The number of hydrogen-bond acceptors (Lipinski definition) is 3. The highest BCUT2D eigenvalue weighted by molar-refractivity contribution is 5.90. The van der Waals surface area contributed by atoms with Crippen molar-refractivity contribution >= 4 is 11.6 Å². The molecule has 0 radical (unpaired) electrons. The van der Waals surface area contributed by atoms with Crippen molar-refractivity contribution in [3.05, 3.63) is 0 Å². The summed E-state index contributed by atoms with van der Waals surface area (Å²) in [6, 6.07) is -0.632. The Bertz CT molecular complexity index is 228. The van der Waals surface area contributed by atoms with Crippen LogP contribution in [0.2, 0.25) is 0 Å². The van der Waals surface area contributed by atoms with Crippen LogP contribution in [0.15, 0.2) is 0 Å². The zero-order chi connectivity index (χ0) is 11.5. The Labute approximate surface area is 86.1 Å². The summed E-state index contributed by atoms with van der Waals surface area (Å²) in [5.74, 6) is -0.118. The molecule has 0 aromatic heterocycles. The third-order valence-electron chi connectivity index (χ3n) is 2.73. The van der Waals surface area contributed by atoms with Crippen LogP contribution in [0.1, 0.15) is 41.0 Å². The van der Waals surface area contributed by atoms with Gasteiger partial charge in [-0.15, -0.1) is 0 Å². The van der Waals surface area contributed by atoms with E-state index in [1.165, 1.54) is 6.92 Å². The summed E-state index contributed by atoms with van der Waals surface area (Å²) >= 11 is 0. The molecule has 0 saturated carbocycles. The van der Waals surface area contributed by atoms with Gasteiger partial charge in [0.15, 0.2) is 0 Å². The van der Waals surface area contributed by atoms with Crippen molar-refractivity contribution in [1.29, 1.82) is 0 Å². The molecule has 0 saturated heterocycles. The lowest BCUT2D eigenvalue weighted by atomic mass is 9.78. The summed E-state index contributed by atoms with van der Waals surface area (Å²) in [6.45, 7) is 9.33. The minimum Gasteiger partial charge on any atom is -0.321 e. The van der Waals surface area contributed by atoms with Crippen LogP contribution in [0.4, 0.5) is 0 Å². The Kier molecular flexibility index (Phi) is 4.46. The number of nitrogens with two attached hydrogens (primary N) is 1. The van der Waals surface area contributed by atoms with E-state index in [1.54, 1.807) is 0 Å². The van der Waals surface area contributed by atoms with Gasteiger partial charge in [-0.05, 0) is 12.3 Å². The Morgan fingerprint density at radius 3 is 2.00 bits per heavy atom. The van der Waals surface area contributed by atoms with Crippen LogP contribution < -0.4 is 5.73 Å². The van der Waals surface area contributed by atoms with Crippen LogP contribution in [-0.4, -0.2) is 17.6 Å². The number of carbonyl (C=O) groups excluding carboxylic acids is 2. The number of rotatable bonds is 4. The van der Waals surface area contributed by atoms with Crippen molar-refractivity contribution < 1.29 is 9.59 Å². The molecule has 0 bridgehead atoms. The summed E-state index contributed by atoms with van der Waals surface area (Å²) in [4.78, 5) is 22.5. The summed E-state index contributed by atoms with van der Waals surface area (Å²) in [6.07, 6.45) is 0.160. The molecular weight excluding hydrogens is 178 g/mol. The predicted molar refractivity (Wildman–Crippen MR) is 56.9 cm³/mol. The van der Waals surface area contributed by atoms with Gasteiger partial charge in [0.25, 0.3) is 0 Å². The highest BCUT2D eigenvalue weighted by Gasteiger charge is 2.28. The normalized spacial score (nSPS) is 16.1. The van der Waals surface area contributed by atoms with Gasteiger partial charge in [0.05, 0.1) is 6.04 Å². The molecule has 3 nitrogen and oxygen atoms in total. The van der Waals surface area contributed by atoms with E-state index in [-0.39, 0.29) is 29.3 Å². The molecular formula is C11H21NO2. The zero-order valence-corrected chi connectivity index (χ0v) is 9.76. The molecule has 0 rings (SSSR count). The number of carbonyl (C=O) groups is 2. The van der Waals surface area contributed by atoms with Crippen LogP contribution in [0.3, 0.4) is 0 Å². The van der Waals surface area contributed by atoms with Crippen molar-refractivity contribution in [2.75, 3.05) is 0 Å². The van der Waals surface area contributed by atoms with Gasteiger partial charge >= 0.3 is 0 Å². The van der Waals surface area contributed by atoms with Crippen LogP contribution >= 0.6 is 0 Å². The maximum absolute atomic E-state index is 11.7. The lowest BCUT2D eigenvalue weighted by Crippen LogP contribution is -2.35. The monoisotopic (exact) mass is 199 g/mol. The van der Waals surface area contributed by atoms with Gasteiger partial charge in [0, 0.05) is 12.3 Å². The molecule has 0 aromatic carbocycles. The Hall–Kier alpha value is -0.700. The third kappa shape index (κ3) is 4.01. The van der Waals surface area contributed by atoms with Gasteiger partial charge < -0.3 is 5.73 Å². The van der Waals surface area contributed by atoms with E-state index < -0.39 is 6.04 Å². The first-order valence-corrected chi connectivity index (χ1v) is 4.95. The van der Waals surface area contributed by atoms with Crippen LogP contribution in [0.5, 0.6) is 0 Å². The van der Waals surface area contributed by atoms with E-state index in [0.717, 1.165) is 0 Å². The molecule has 1 unspecified atom stereocenters. The highest BCUT2D eigenvalue weighted by Crippen LogP contribution is 2.27. The molecule has 0 spiro atoms. The molecule has 14 heavy (non-hydrogen) atoms. The first kappa shape index (κ1) is 13.3. The highest BCUT2D eigenvalue weighted by atomic mass is 16.1. The van der Waals surface area contributed by atoms with Crippen LogP contribution in [-0.2, 0) is 9.59 Å². The summed E-state index contributed by atoms with van der Waals surface area (Å²) < 4.78 is 0. The van der Waals surface area contributed by atoms with Gasteiger partial charge in [-0.1, -0.05) is 27.7 Å². The van der Waals surface area contributed by atoms with Crippen molar-refractivity contribution in [3.63, 3.8) is 0 Å². The van der Waals surface area contributed by atoms with Gasteiger partial charge in [-0.3, -0.25) is 9.59 Å². The molecule has 2 atom stereocenters. The van der Waals surface area contributed by atoms with E-state index in [9.17, 15) is 9.59 Å². The van der Waals surface area contributed by atoms with E-state index in [1.807, 2.05) is 27.7 Å². The van der Waals surface area contributed by atoms with E-state index in [0.29, 0.717) is 0 Å². The molecule has 82 valence electrons. The fourth-order valence-electron chi connectivity index (χ4n) is 1.02. The molecule has 0 amide bonds. The van der Waals surface area contributed by atoms with Gasteiger partial charge in [-0.25, -0.2) is 0 Å². The molecule has 2 N–H and O–H groups in total. The molecule has 0 aliphatic rings. The van der Waals surface area contributed by atoms with Crippen molar-refractivity contribution in [2.45, 2.75) is 47.1 Å². The molecule has 3 heteroatoms. The first-order valence-electron chi connectivity index (χ1n) is 4.95. The van der Waals surface area contributed by atoms with Gasteiger partial charge in [0.1, 0.15) is 11.6 Å². The smallest absolute Gasteiger partial charge is 0.146 e. The van der Waals surface area contributed by atoms with Crippen molar-refractivity contribution in [1.82, 2.24) is 0 Å². The minimum absolute atomic E-state index is 0.0619. The summed E-state index contributed by atoms with van der Waals surface area (Å²) in [5.41, 5.74) is 5.47. The van der Waals surface area contributed by atoms with Crippen molar-refractivity contribution in [3.8, 4) is 0 Å². The van der Waals surface area contributed by atoms with Gasteiger partial charge in [-0.2, -0.15) is 0 Å². The molecule has 0 aliphatic carbocycles. The summed E-state index contributed by atoms with van der Waals surface area (Å²) in [5, 5.41) is 0. The lowest BCUT2D eigenvalue weighted by Gasteiger charge is -2.26. The van der Waals surface area contributed by atoms with Crippen LogP contribution in [0.25, 0.3) is 0 Å². The van der Waals surface area contributed by atoms with E-state index in [4.69, 9.17) is 5.73 Å². The van der Waals surface area contributed by atoms with Crippen molar-refractivity contribution in [2.24, 2.45) is 17.1 Å². The quantitative estimate of drug-likeness (QED) is 0.747. The summed E-state index contributed by atoms with van der Waals surface area (Å²) in [7, 11) is 0. The number of ketones is 2. The Morgan fingerprint density at radius 1 is 1.29 bits per heavy atom. The van der Waals surface area contributed by atoms with Gasteiger partial charge in [0.2, 0.25) is 0 Å². The van der Waals surface area contributed by atoms with Crippen LogP contribution in [0, 0.1) is 11.3 Å². The zero-order valence-electron chi connectivity index (χ0n) is 9.76. The fraction of sp³-hybridized carbons (Fsp3) is 0.818. The SMILES string of the molecule is CC(=O)C(N)CC(=O)[C@H](C)C(C)(C)C. The number of Topliss-reactive ketones (excluding diaryl/α,β-unsaturated/α-hetero) is 2. The maximum atomic E-state index is 11.7. The average Bonchev–Trinajstić information content (AvgIpc) is 2.00. The average molecular weight is 199 g/mol. The second-order valence-corrected chi connectivity index (χ2v) is 4.98. The maximum Gasteiger partial charge on any atom is 0.146 e. The minimum atomic E-state index is -0.632. The Balaban J connectivity index is 4.29. The number of hydrogen-bond donors (Lipinski definition) is 1. The molecule has 0 aromatic rings. The molecule has 0 aliphatic heterocycles. The molecule has 0 heterocycles. The standard InChI is InChI=1S/C11H21NO2/c1-7(11(3,4)5)10(14)6-9(12)8(2)13/h7,9H,6,12H2,1-5H3/t7-,9?/m0/s1. The third-order valence-corrected chi connectivity index (χ3v) is 2.73. The fourth-order valence-corrected chi connectivity index (χ4v) is 1.02. The lowest BCUT2D eigenvalue weighted by molar-refractivity contribution is -0.128. The Morgan fingerprint density at radius 2 is 1.71 bits per heavy atom. The molecule has 0 fully saturated rings. The largest absolute Gasteiger partial charge is 0.321 e.